The molecule has 1 saturated heterocycles. The summed E-state index contributed by atoms with van der Waals surface area (Å²) in [6.07, 6.45) is 6.16. The van der Waals surface area contributed by atoms with Gasteiger partial charge in [0.05, 0.1) is 18.5 Å². The van der Waals surface area contributed by atoms with Gasteiger partial charge in [-0.05, 0) is 31.4 Å². The second kappa shape index (κ2) is 6.15. The number of rotatable bonds is 3. The molecule has 2 aromatic heterocycles. The summed E-state index contributed by atoms with van der Waals surface area (Å²) in [5.41, 5.74) is 7.98. The van der Waals surface area contributed by atoms with Gasteiger partial charge in [-0.25, -0.2) is 9.48 Å². The second-order valence-electron chi connectivity index (χ2n) is 5.13. The number of pyridine rings is 1. The molecule has 0 bridgehead atoms. The fourth-order valence-electron chi connectivity index (χ4n) is 2.55. The van der Waals surface area contributed by atoms with Crippen LogP contribution in [0.15, 0.2) is 24.5 Å². The SMILES string of the molecule is COC(=O)c1cnc(-c2ccnn2C2CCCCO2)cc1N. The topological polar surface area (TPSA) is 92.3 Å². The number of ether oxygens (including phenoxy) is 2. The molecule has 1 aliphatic rings. The van der Waals surface area contributed by atoms with Gasteiger partial charge < -0.3 is 15.2 Å². The number of carbonyl (C=O) groups excluding carboxylic acids is 1. The van der Waals surface area contributed by atoms with Crippen LogP contribution in [0.3, 0.4) is 0 Å². The minimum atomic E-state index is -0.499. The number of hydrogen-bond donors (Lipinski definition) is 1. The predicted octanol–water partition coefficient (Wildman–Crippen LogP) is 2.01. The lowest BCUT2D eigenvalue weighted by Crippen LogP contribution is -2.20. The largest absolute Gasteiger partial charge is 0.465 e. The highest BCUT2D eigenvalue weighted by molar-refractivity contribution is 5.95. The van der Waals surface area contributed by atoms with Crippen LogP contribution >= 0.6 is 0 Å². The summed E-state index contributed by atoms with van der Waals surface area (Å²) >= 11 is 0. The smallest absolute Gasteiger partial charge is 0.341 e. The molecular weight excluding hydrogens is 284 g/mol. The maximum absolute atomic E-state index is 11.6. The van der Waals surface area contributed by atoms with E-state index < -0.39 is 5.97 Å². The van der Waals surface area contributed by atoms with Crippen molar-refractivity contribution in [2.24, 2.45) is 0 Å². The maximum atomic E-state index is 11.6. The predicted molar refractivity (Wildman–Crippen MR) is 80.0 cm³/mol. The van der Waals surface area contributed by atoms with Crippen LogP contribution in [0.2, 0.25) is 0 Å². The van der Waals surface area contributed by atoms with E-state index in [1.807, 2.05) is 10.7 Å². The van der Waals surface area contributed by atoms with E-state index in [1.54, 1.807) is 12.3 Å². The number of carbonyl (C=O) groups is 1. The molecule has 2 N–H and O–H groups in total. The van der Waals surface area contributed by atoms with Gasteiger partial charge in [-0.15, -0.1) is 0 Å². The van der Waals surface area contributed by atoms with Gasteiger partial charge in [0, 0.05) is 24.7 Å². The van der Waals surface area contributed by atoms with Crippen molar-refractivity contribution in [1.82, 2.24) is 14.8 Å². The zero-order chi connectivity index (χ0) is 15.5. The Morgan fingerprint density at radius 3 is 3.05 bits per heavy atom. The van der Waals surface area contributed by atoms with Crippen molar-refractivity contribution in [1.29, 1.82) is 0 Å². The van der Waals surface area contributed by atoms with E-state index in [1.165, 1.54) is 13.3 Å². The maximum Gasteiger partial charge on any atom is 0.341 e. The van der Waals surface area contributed by atoms with E-state index in [4.69, 9.17) is 10.5 Å². The molecule has 3 rings (SSSR count). The molecule has 7 heteroatoms. The molecule has 1 unspecified atom stereocenters. The van der Waals surface area contributed by atoms with Gasteiger partial charge in [0.1, 0.15) is 5.56 Å². The number of esters is 1. The minimum Gasteiger partial charge on any atom is -0.465 e. The second-order valence-corrected chi connectivity index (χ2v) is 5.13. The molecule has 1 aliphatic heterocycles. The van der Waals surface area contributed by atoms with Crippen LogP contribution in [0.4, 0.5) is 5.69 Å². The third-order valence-electron chi connectivity index (χ3n) is 3.70. The van der Waals surface area contributed by atoms with E-state index >= 15 is 0 Å². The van der Waals surface area contributed by atoms with Crippen molar-refractivity contribution >= 4 is 11.7 Å². The first-order valence-electron chi connectivity index (χ1n) is 7.20. The summed E-state index contributed by atoms with van der Waals surface area (Å²) in [5.74, 6) is -0.499. The molecule has 7 nitrogen and oxygen atoms in total. The Kier molecular flexibility index (Phi) is 4.06. The molecular formula is C15H18N4O3. The van der Waals surface area contributed by atoms with E-state index in [-0.39, 0.29) is 11.8 Å². The Labute approximate surface area is 128 Å². The van der Waals surface area contributed by atoms with Crippen LogP contribution in [-0.4, -0.2) is 34.5 Å². The number of anilines is 1. The molecule has 116 valence electrons. The Hall–Kier alpha value is -2.41. The lowest BCUT2D eigenvalue weighted by atomic mass is 10.1. The monoisotopic (exact) mass is 302 g/mol. The Balaban J connectivity index is 1.93. The van der Waals surface area contributed by atoms with Crippen LogP contribution in [-0.2, 0) is 9.47 Å². The van der Waals surface area contributed by atoms with Gasteiger partial charge in [0.15, 0.2) is 6.23 Å². The number of nitrogen functional groups attached to an aromatic ring is 1. The minimum absolute atomic E-state index is 0.0814. The quantitative estimate of drug-likeness (QED) is 0.872. The van der Waals surface area contributed by atoms with E-state index in [0.29, 0.717) is 11.4 Å². The van der Waals surface area contributed by atoms with E-state index in [9.17, 15) is 4.79 Å². The molecule has 0 radical (unpaired) electrons. The van der Waals surface area contributed by atoms with Crippen molar-refractivity contribution in [2.45, 2.75) is 25.5 Å². The molecule has 1 fully saturated rings. The summed E-state index contributed by atoms with van der Waals surface area (Å²) in [6.45, 7) is 0.737. The van der Waals surface area contributed by atoms with Gasteiger partial charge in [-0.1, -0.05) is 0 Å². The number of hydrogen-bond acceptors (Lipinski definition) is 6. The van der Waals surface area contributed by atoms with Crippen LogP contribution in [0.1, 0.15) is 35.8 Å². The summed E-state index contributed by atoms with van der Waals surface area (Å²) in [4.78, 5) is 15.9. The number of aromatic nitrogens is 3. The molecule has 0 spiro atoms. The zero-order valence-electron chi connectivity index (χ0n) is 12.4. The number of nitrogens with two attached hydrogens (primary N) is 1. The number of nitrogens with zero attached hydrogens (tertiary/aromatic N) is 3. The van der Waals surface area contributed by atoms with Crippen molar-refractivity contribution in [3.63, 3.8) is 0 Å². The summed E-state index contributed by atoms with van der Waals surface area (Å²) in [6, 6.07) is 3.51. The van der Waals surface area contributed by atoms with Crippen LogP contribution in [0.25, 0.3) is 11.4 Å². The number of methoxy groups -OCH3 is 1. The van der Waals surface area contributed by atoms with Gasteiger partial charge in [0.25, 0.3) is 0 Å². The van der Waals surface area contributed by atoms with Crippen molar-refractivity contribution in [3.8, 4) is 11.4 Å². The average molecular weight is 302 g/mol. The van der Waals surface area contributed by atoms with Gasteiger partial charge in [0.2, 0.25) is 0 Å². The zero-order valence-corrected chi connectivity index (χ0v) is 12.4. The first kappa shape index (κ1) is 14.5. The van der Waals surface area contributed by atoms with E-state index in [0.717, 1.165) is 31.6 Å². The van der Waals surface area contributed by atoms with Gasteiger partial charge in [-0.3, -0.25) is 4.98 Å². The molecule has 22 heavy (non-hydrogen) atoms. The molecule has 1 atom stereocenters. The molecule has 0 aromatic carbocycles. The molecule has 0 aliphatic carbocycles. The third kappa shape index (κ3) is 2.67. The molecule has 3 heterocycles. The van der Waals surface area contributed by atoms with Crippen LogP contribution in [0.5, 0.6) is 0 Å². The van der Waals surface area contributed by atoms with Crippen molar-refractivity contribution in [3.05, 3.63) is 30.1 Å². The Bertz CT molecular complexity index is 677. The molecule has 0 amide bonds. The van der Waals surface area contributed by atoms with Gasteiger partial charge >= 0.3 is 5.97 Å². The summed E-state index contributed by atoms with van der Waals surface area (Å²) in [7, 11) is 1.31. The van der Waals surface area contributed by atoms with Crippen molar-refractivity contribution in [2.75, 3.05) is 19.5 Å². The molecule has 2 aromatic rings. The highest BCUT2D eigenvalue weighted by Crippen LogP contribution is 2.28. The normalized spacial score (nSPS) is 18.1. The first-order valence-corrected chi connectivity index (χ1v) is 7.20. The molecule has 0 saturated carbocycles. The van der Waals surface area contributed by atoms with Crippen molar-refractivity contribution < 1.29 is 14.3 Å². The standard InChI is InChI=1S/C15H18N4O3/c1-21-15(20)10-9-17-12(8-11(10)16)13-5-6-18-19(13)14-4-2-3-7-22-14/h5-6,8-9,14H,2-4,7H2,1H3,(H2,16,17). The first-order chi connectivity index (χ1) is 10.7. The fraction of sp³-hybridized carbons (Fsp3) is 0.400. The third-order valence-corrected chi connectivity index (χ3v) is 3.70. The highest BCUT2D eigenvalue weighted by Gasteiger charge is 2.21. The summed E-state index contributed by atoms with van der Waals surface area (Å²) in [5, 5.41) is 4.34. The van der Waals surface area contributed by atoms with E-state index in [2.05, 4.69) is 14.8 Å². The fourth-order valence-corrected chi connectivity index (χ4v) is 2.55. The summed E-state index contributed by atoms with van der Waals surface area (Å²) < 4.78 is 12.2. The average Bonchev–Trinajstić information content (AvgIpc) is 3.04. The Morgan fingerprint density at radius 1 is 1.50 bits per heavy atom. The highest BCUT2D eigenvalue weighted by atomic mass is 16.5. The Morgan fingerprint density at radius 2 is 2.36 bits per heavy atom. The van der Waals surface area contributed by atoms with Gasteiger partial charge in [-0.2, -0.15) is 5.10 Å². The van der Waals surface area contributed by atoms with Crippen LogP contribution < -0.4 is 5.73 Å². The van der Waals surface area contributed by atoms with Crippen LogP contribution in [0, 0.1) is 0 Å². The lowest BCUT2D eigenvalue weighted by Gasteiger charge is -2.24. The lowest BCUT2D eigenvalue weighted by molar-refractivity contribution is -0.0384.